The van der Waals surface area contributed by atoms with Crippen LogP contribution in [0.3, 0.4) is 0 Å². The van der Waals surface area contributed by atoms with E-state index in [0.717, 1.165) is 10.0 Å². The number of carbonyl (C=O) groups is 4. The molecule has 2 aromatic rings. The maximum absolute atomic E-state index is 12.4. The van der Waals surface area contributed by atoms with E-state index >= 15 is 0 Å². The maximum Gasteiger partial charge on any atom is 0.311 e. The lowest BCUT2D eigenvalue weighted by Crippen LogP contribution is -2.43. The zero-order valence-electron chi connectivity index (χ0n) is 16.8. The van der Waals surface area contributed by atoms with E-state index in [1.165, 1.54) is 0 Å². The molecule has 0 saturated carbocycles. The van der Waals surface area contributed by atoms with Crippen molar-refractivity contribution in [3.63, 3.8) is 0 Å². The van der Waals surface area contributed by atoms with Gasteiger partial charge in [0.05, 0.1) is 12.0 Å². The summed E-state index contributed by atoms with van der Waals surface area (Å²) in [5.41, 5.74) is 5.78. The summed E-state index contributed by atoms with van der Waals surface area (Å²) >= 11 is 3.27. The Labute approximate surface area is 188 Å². The monoisotopic (exact) mass is 487 g/mol. The number of hydrogen-bond acceptors (Lipinski definition) is 5. The number of likely N-dealkylation sites (tertiary alicyclic amines) is 1. The molecule has 162 valence electrons. The fourth-order valence-corrected chi connectivity index (χ4v) is 3.53. The van der Waals surface area contributed by atoms with Gasteiger partial charge in [0.2, 0.25) is 5.91 Å². The Morgan fingerprint density at radius 3 is 2.45 bits per heavy atom. The number of ether oxygens (including phenoxy) is 1. The molecule has 2 N–H and O–H groups in total. The number of nitrogens with zero attached hydrogens (tertiary/aromatic N) is 1. The summed E-state index contributed by atoms with van der Waals surface area (Å²) in [6.45, 7) is 1.58. The van der Waals surface area contributed by atoms with Crippen molar-refractivity contribution >= 4 is 39.6 Å². The van der Waals surface area contributed by atoms with Crippen LogP contribution >= 0.6 is 15.9 Å². The minimum absolute atomic E-state index is 0.0396. The van der Waals surface area contributed by atoms with Gasteiger partial charge >= 0.3 is 5.97 Å². The van der Waals surface area contributed by atoms with Crippen LogP contribution in [0.2, 0.25) is 0 Å². The van der Waals surface area contributed by atoms with E-state index < -0.39 is 30.3 Å². The average molecular weight is 488 g/mol. The number of rotatable bonds is 6. The first kappa shape index (κ1) is 22.5. The molecular weight excluding hydrogens is 466 g/mol. The normalized spacial score (nSPS) is 16.5. The highest BCUT2D eigenvalue weighted by atomic mass is 79.9. The molecule has 0 radical (unpaired) electrons. The van der Waals surface area contributed by atoms with Crippen LogP contribution in [0.5, 0.6) is 0 Å². The van der Waals surface area contributed by atoms with Crippen LogP contribution < -0.4 is 10.9 Å². The molecule has 9 heteroatoms. The van der Waals surface area contributed by atoms with E-state index in [2.05, 4.69) is 26.8 Å². The largest absolute Gasteiger partial charge is 0.455 e. The molecular formula is C22H22BrN3O5. The van der Waals surface area contributed by atoms with Crippen molar-refractivity contribution in [2.24, 2.45) is 5.92 Å². The van der Waals surface area contributed by atoms with Crippen LogP contribution in [0.4, 0.5) is 0 Å². The van der Waals surface area contributed by atoms with E-state index in [1.54, 1.807) is 29.2 Å². The molecule has 1 heterocycles. The Balaban J connectivity index is 1.44. The smallest absolute Gasteiger partial charge is 0.311 e. The summed E-state index contributed by atoms with van der Waals surface area (Å²) < 4.78 is 5.86. The van der Waals surface area contributed by atoms with Crippen LogP contribution in [0.1, 0.15) is 35.3 Å². The number of carbonyl (C=O) groups excluding carboxylic acids is 4. The molecule has 0 spiro atoms. The lowest BCUT2D eigenvalue weighted by atomic mass is 10.1. The van der Waals surface area contributed by atoms with Gasteiger partial charge in [-0.15, -0.1) is 0 Å². The van der Waals surface area contributed by atoms with Gasteiger partial charge in [-0.3, -0.25) is 30.0 Å². The summed E-state index contributed by atoms with van der Waals surface area (Å²) in [7, 11) is 0. The van der Waals surface area contributed by atoms with Crippen molar-refractivity contribution in [2.45, 2.75) is 19.4 Å². The highest BCUT2D eigenvalue weighted by Crippen LogP contribution is 2.28. The van der Waals surface area contributed by atoms with Gasteiger partial charge < -0.3 is 9.64 Å². The van der Waals surface area contributed by atoms with Gasteiger partial charge in [-0.05, 0) is 36.8 Å². The Morgan fingerprint density at radius 1 is 1.10 bits per heavy atom. The molecule has 8 nitrogen and oxygen atoms in total. The quantitative estimate of drug-likeness (QED) is 0.480. The van der Waals surface area contributed by atoms with E-state index in [4.69, 9.17) is 4.74 Å². The third-order valence-corrected chi connectivity index (χ3v) is 5.54. The van der Waals surface area contributed by atoms with E-state index in [1.807, 2.05) is 37.3 Å². The molecule has 2 aromatic carbocycles. The summed E-state index contributed by atoms with van der Waals surface area (Å²) in [5, 5.41) is 0. The van der Waals surface area contributed by atoms with Crippen LogP contribution in [0.15, 0.2) is 59.1 Å². The van der Waals surface area contributed by atoms with Crippen molar-refractivity contribution in [1.29, 1.82) is 0 Å². The van der Waals surface area contributed by atoms with Gasteiger partial charge in [0.1, 0.15) is 0 Å². The molecule has 0 bridgehead atoms. The lowest BCUT2D eigenvalue weighted by Gasteiger charge is -2.25. The second kappa shape index (κ2) is 10.2. The minimum Gasteiger partial charge on any atom is -0.455 e. The SMILES string of the molecule is C[C@H](c1ccccc1)N1C[C@@H](C(=O)OCC(=O)NNC(=O)c2ccc(Br)cc2)CC1=O. The highest BCUT2D eigenvalue weighted by Gasteiger charge is 2.38. The van der Waals surface area contributed by atoms with Gasteiger partial charge in [0.25, 0.3) is 11.8 Å². The molecule has 2 atom stereocenters. The lowest BCUT2D eigenvalue weighted by molar-refractivity contribution is -0.152. The highest BCUT2D eigenvalue weighted by molar-refractivity contribution is 9.10. The van der Waals surface area contributed by atoms with Crippen LogP contribution in [0.25, 0.3) is 0 Å². The first-order valence-corrected chi connectivity index (χ1v) is 10.5. The second-order valence-electron chi connectivity index (χ2n) is 7.15. The topological polar surface area (TPSA) is 105 Å². The second-order valence-corrected chi connectivity index (χ2v) is 8.07. The van der Waals surface area contributed by atoms with Gasteiger partial charge in [-0.2, -0.15) is 0 Å². The van der Waals surface area contributed by atoms with Crippen molar-refractivity contribution in [2.75, 3.05) is 13.2 Å². The van der Waals surface area contributed by atoms with Crippen LogP contribution in [0, 0.1) is 5.92 Å². The predicted molar refractivity (Wildman–Crippen MR) is 115 cm³/mol. The number of esters is 1. The third kappa shape index (κ3) is 5.91. The van der Waals surface area contributed by atoms with Crippen LogP contribution in [-0.4, -0.2) is 41.7 Å². The van der Waals surface area contributed by atoms with Gasteiger partial charge in [0, 0.05) is 23.0 Å². The Morgan fingerprint density at radius 2 is 1.77 bits per heavy atom. The molecule has 1 aliphatic rings. The Kier molecular flexibility index (Phi) is 7.41. The summed E-state index contributed by atoms with van der Waals surface area (Å²) in [4.78, 5) is 50.2. The number of hydrazine groups is 1. The maximum atomic E-state index is 12.4. The van der Waals surface area contributed by atoms with E-state index in [0.29, 0.717) is 5.56 Å². The predicted octanol–water partition coefficient (Wildman–Crippen LogP) is 2.36. The Hall–Kier alpha value is -3.20. The first-order chi connectivity index (χ1) is 14.8. The number of amides is 3. The zero-order chi connectivity index (χ0) is 22.4. The third-order valence-electron chi connectivity index (χ3n) is 5.01. The van der Waals surface area contributed by atoms with Crippen molar-refractivity contribution in [3.05, 3.63) is 70.2 Å². The molecule has 1 aliphatic heterocycles. The molecule has 31 heavy (non-hydrogen) atoms. The van der Waals surface area contributed by atoms with E-state index in [9.17, 15) is 19.2 Å². The van der Waals surface area contributed by atoms with Crippen molar-refractivity contribution in [3.8, 4) is 0 Å². The summed E-state index contributed by atoms with van der Waals surface area (Å²) in [6, 6.07) is 16.0. The number of hydrogen-bond donors (Lipinski definition) is 2. The first-order valence-electron chi connectivity index (χ1n) is 9.71. The zero-order valence-corrected chi connectivity index (χ0v) is 18.4. The minimum atomic E-state index is -0.683. The van der Waals surface area contributed by atoms with Gasteiger partial charge in [-0.1, -0.05) is 46.3 Å². The molecule has 3 rings (SSSR count). The standard InChI is InChI=1S/C22H22BrN3O5/c1-14(15-5-3-2-4-6-15)26-12-17(11-20(26)28)22(30)31-13-19(27)24-25-21(29)16-7-9-18(23)10-8-16/h2-10,14,17H,11-13H2,1H3,(H,24,27)(H,25,29)/t14-,17+/m1/s1. The fraction of sp³-hybridized carbons (Fsp3) is 0.273. The summed E-state index contributed by atoms with van der Waals surface area (Å²) in [5.74, 6) is -2.57. The average Bonchev–Trinajstić information content (AvgIpc) is 3.18. The van der Waals surface area contributed by atoms with Crippen molar-refractivity contribution in [1.82, 2.24) is 15.8 Å². The summed E-state index contributed by atoms with van der Waals surface area (Å²) in [6.07, 6.45) is 0.0396. The molecule has 1 saturated heterocycles. The van der Waals surface area contributed by atoms with Gasteiger partial charge in [-0.25, -0.2) is 0 Å². The molecule has 3 amide bonds. The fourth-order valence-electron chi connectivity index (χ4n) is 3.27. The molecule has 1 fully saturated rings. The number of nitrogens with one attached hydrogen (secondary N) is 2. The van der Waals surface area contributed by atoms with Gasteiger partial charge in [0.15, 0.2) is 6.61 Å². The van der Waals surface area contributed by atoms with E-state index in [-0.39, 0.29) is 24.9 Å². The van der Waals surface area contributed by atoms with Crippen LogP contribution in [-0.2, 0) is 19.1 Å². The molecule has 0 aliphatic carbocycles. The number of halogens is 1. The Bertz CT molecular complexity index is 965. The molecule has 0 unspecified atom stereocenters. The molecule has 0 aromatic heterocycles. The van der Waals surface area contributed by atoms with Crippen molar-refractivity contribution < 1.29 is 23.9 Å². The number of benzene rings is 2.